The topological polar surface area (TPSA) is 31.5 Å². The van der Waals surface area contributed by atoms with Gasteiger partial charge >= 0.3 is 44.1 Å². The number of hydrogen-bond acceptors (Lipinski definition) is 0. The summed E-state index contributed by atoms with van der Waals surface area (Å²) >= 11 is 0.191. The van der Waals surface area contributed by atoms with E-state index >= 15 is 0 Å². The third kappa shape index (κ3) is 2.08. The van der Waals surface area contributed by atoms with E-state index in [9.17, 15) is 0 Å². The van der Waals surface area contributed by atoms with Crippen molar-refractivity contribution in [2.24, 2.45) is 0 Å². The fourth-order valence-electron chi connectivity index (χ4n) is 0.722. The first-order valence-corrected chi connectivity index (χ1v) is 6.98. The molecule has 1 rings (SSSR count). The van der Waals surface area contributed by atoms with Crippen LogP contribution in [0.2, 0.25) is 8.35 Å². The molecule has 1 nitrogen and oxygen atoms in total. The number of rotatable bonds is 0. The van der Waals surface area contributed by atoms with Gasteiger partial charge in [0.1, 0.15) is 0 Å². The van der Waals surface area contributed by atoms with Crippen molar-refractivity contribution in [3.8, 4) is 0 Å². The summed E-state index contributed by atoms with van der Waals surface area (Å²) in [6, 6.07) is 0. The SMILES string of the molecule is C1C[CH2][In][CH2]1.O. The van der Waals surface area contributed by atoms with E-state index < -0.39 is 0 Å². The molecule has 0 amide bonds. The van der Waals surface area contributed by atoms with Crippen LogP contribution in [0.4, 0.5) is 0 Å². The smallest absolute Gasteiger partial charge is 0.412 e. The molecule has 0 aromatic heterocycles. The molecule has 0 atom stereocenters. The van der Waals surface area contributed by atoms with Gasteiger partial charge in [-0.1, -0.05) is 0 Å². The zero-order chi connectivity index (χ0) is 3.54. The fourth-order valence-corrected chi connectivity index (χ4v) is 4.84. The minimum absolute atomic E-state index is 0. The predicted molar refractivity (Wildman–Crippen MR) is 28.2 cm³/mol. The van der Waals surface area contributed by atoms with E-state index in [-0.39, 0.29) is 28.4 Å². The molecule has 35 valence electrons. The van der Waals surface area contributed by atoms with Crippen molar-refractivity contribution >= 4 is 22.9 Å². The van der Waals surface area contributed by atoms with Gasteiger partial charge in [-0.25, -0.2) is 0 Å². The van der Waals surface area contributed by atoms with Gasteiger partial charge in [0, 0.05) is 0 Å². The molecule has 1 radical (unpaired) electrons. The largest absolute Gasteiger partial charge is 0.412 e. The summed E-state index contributed by atoms with van der Waals surface area (Å²) in [5.41, 5.74) is 0. The molecule has 1 heterocycles. The van der Waals surface area contributed by atoms with E-state index in [1.54, 1.807) is 21.2 Å². The molecule has 0 saturated carbocycles. The molecule has 1 saturated heterocycles. The molecule has 1 aliphatic heterocycles. The molecular formula is C4H10InO. The van der Waals surface area contributed by atoms with E-state index in [0.29, 0.717) is 0 Å². The summed E-state index contributed by atoms with van der Waals surface area (Å²) < 4.78 is 3.38. The Bertz CT molecular complexity index is 19.1. The van der Waals surface area contributed by atoms with Crippen LogP contribution in [-0.4, -0.2) is 28.4 Å². The van der Waals surface area contributed by atoms with Crippen LogP contribution < -0.4 is 0 Å². The van der Waals surface area contributed by atoms with Gasteiger partial charge in [0.15, 0.2) is 0 Å². The maximum Gasteiger partial charge on any atom is -0.412 e. The van der Waals surface area contributed by atoms with Crippen LogP contribution in [-0.2, 0) is 0 Å². The van der Waals surface area contributed by atoms with Crippen LogP contribution in [0.3, 0.4) is 0 Å². The van der Waals surface area contributed by atoms with Gasteiger partial charge < -0.3 is 5.48 Å². The van der Waals surface area contributed by atoms with Crippen molar-refractivity contribution in [3.05, 3.63) is 0 Å². The van der Waals surface area contributed by atoms with Crippen molar-refractivity contribution in [3.63, 3.8) is 0 Å². The molecule has 0 spiro atoms. The second-order valence-electron chi connectivity index (χ2n) is 1.57. The summed E-state index contributed by atoms with van der Waals surface area (Å²) in [4.78, 5) is 0. The molecule has 0 aromatic rings. The van der Waals surface area contributed by atoms with Crippen LogP contribution in [0.1, 0.15) is 12.8 Å². The average molecular weight is 189 g/mol. The molecule has 0 bridgehead atoms. The standard InChI is InChI=1S/C4H8.In.H2O/c1-3-4-2;;/h1-4H2;;1H2. The fraction of sp³-hybridized carbons (Fsp3) is 1.00. The molecule has 0 aliphatic carbocycles. The normalized spacial score (nSPS) is 18.7. The van der Waals surface area contributed by atoms with E-state index in [2.05, 4.69) is 0 Å². The Morgan fingerprint density at radius 3 is 1.67 bits per heavy atom. The van der Waals surface area contributed by atoms with E-state index in [0.717, 1.165) is 0 Å². The zero-order valence-corrected chi connectivity index (χ0v) is 7.20. The van der Waals surface area contributed by atoms with Crippen molar-refractivity contribution in [1.29, 1.82) is 0 Å². The van der Waals surface area contributed by atoms with Gasteiger partial charge in [-0.15, -0.1) is 0 Å². The van der Waals surface area contributed by atoms with Gasteiger partial charge in [-0.3, -0.25) is 0 Å². The molecule has 0 aromatic carbocycles. The van der Waals surface area contributed by atoms with Crippen molar-refractivity contribution in [2.45, 2.75) is 21.2 Å². The summed E-state index contributed by atoms with van der Waals surface area (Å²) in [7, 11) is 0. The predicted octanol–water partition coefficient (Wildman–Crippen LogP) is 0.496. The van der Waals surface area contributed by atoms with E-state index in [1.165, 1.54) is 0 Å². The summed E-state index contributed by atoms with van der Waals surface area (Å²) in [6.07, 6.45) is 3.17. The first-order valence-electron chi connectivity index (χ1n) is 2.32. The van der Waals surface area contributed by atoms with E-state index in [1.807, 2.05) is 0 Å². The molecule has 0 unspecified atom stereocenters. The summed E-state index contributed by atoms with van der Waals surface area (Å²) in [5, 5.41) is 0. The third-order valence-corrected chi connectivity index (χ3v) is 5.73. The molecule has 2 heteroatoms. The monoisotopic (exact) mass is 189 g/mol. The van der Waals surface area contributed by atoms with Crippen LogP contribution in [0.25, 0.3) is 0 Å². The van der Waals surface area contributed by atoms with Crippen LogP contribution in [0.15, 0.2) is 0 Å². The first kappa shape index (κ1) is 6.83. The quantitative estimate of drug-likeness (QED) is 0.531. The second kappa shape index (κ2) is 4.00. The molecule has 1 aliphatic rings. The Morgan fingerprint density at radius 1 is 1.00 bits per heavy atom. The summed E-state index contributed by atoms with van der Waals surface area (Å²) in [6.45, 7) is 0. The van der Waals surface area contributed by atoms with Gasteiger partial charge in [0.25, 0.3) is 0 Å². The van der Waals surface area contributed by atoms with Crippen LogP contribution >= 0.6 is 0 Å². The zero-order valence-electron chi connectivity index (χ0n) is 3.91. The van der Waals surface area contributed by atoms with Gasteiger partial charge in [-0.05, 0) is 0 Å². The van der Waals surface area contributed by atoms with Crippen molar-refractivity contribution < 1.29 is 5.48 Å². The maximum atomic E-state index is 1.69. The van der Waals surface area contributed by atoms with E-state index in [4.69, 9.17) is 0 Å². The second-order valence-corrected chi connectivity index (χ2v) is 6.52. The third-order valence-electron chi connectivity index (χ3n) is 1.07. The Labute approximate surface area is 49.8 Å². The molecule has 2 N–H and O–H groups in total. The molecule has 1 fully saturated rings. The maximum absolute atomic E-state index is 1.69. The first-order chi connectivity index (χ1) is 2.50. The average Bonchev–Trinajstić information content (AvgIpc) is 1.76. The Kier molecular flexibility index (Phi) is 4.56. The Balaban J connectivity index is 0.000000250. The molecule has 6 heavy (non-hydrogen) atoms. The number of hydrogen-bond donors (Lipinski definition) is 0. The van der Waals surface area contributed by atoms with Crippen LogP contribution in [0, 0.1) is 0 Å². The van der Waals surface area contributed by atoms with Crippen LogP contribution in [0.5, 0.6) is 0 Å². The van der Waals surface area contributed by atoms with Gasteiger partial charge in [-0.2, -0.15) is 0 Å². The Morgan fingerprint density at radius 2 is 1.50 bits per heavy atom. The summed E-state index contributed by atoms with van der Waals surface area (Å²) in [5.74, 6) is 0. The minimum Gasteiger partial charge on any atom is -0.412 e. The Hall–Kier alpha value is 0.830. The minimum atomic E-state index is 0. The van der Waals surface area contributed by atoms with Crippen molar-refractivity contribution in [1.82, 2.24) is 0 Å². The molecular weight excluding hydrogens is 179 g/mol. The van der Waals surface area contributed by atoms with Gasteiger partial charge in [0.05, 0.1) is 0 Å². The van der Waals surface area contributed by atoms with Gasteiger partial charge in [0.2, 0.25) is 0 Å². The van der Waals surface area contributed by atoms with Crippen molar-refractivity contribution in [2.75, 3.05) is 0 Å².